The van der Waals surface area contributed by atoms with Gasteiger partial charge in [0.05, 0.1) is 33.9 Å². The van der Waals surface area contributed by atoms with Crippen LogP contribution in [0.4, 0.5) is 37.7 Å². The van der Waals surface area contributed by atoms with Gasteiger partial charge in [-0.1, -0.05) is 0 Å². The number of halogens is 8. The molecule has 2 aromatic rings. The van der Waals surface area contributed by atoms with E-state index in [0.717, 1.165) is 24.3 Å². The van der Waals surface area contributed by atoms with Crippen molar-refractivity contribution in [2.45, 2.75) is 105 Å². The molecule has 2 aromatic carbocycles. The SMILES string of the molecule is Cc1cc(C(F)(F)F)cc(C)c1N=C(CCCO[Si](C)(C)C)C(CCCO[Si](C)(C)C)=Nc1c(C)cc(C(F)(F)F)cc1C.[Br][Ni][Br]. The summed E-state index contributed by atoms with van der Waals surface area (Å²) in [6.45, 7) is 19.8. The number of rotatable bonds is 13. The summed E-state index contributed by atoms with van der Waals surface area (Å²) < 4.78 is 93.1. The number of alkyl halides is 6. The van der Waals surface area contributed by atoms with Gasteiger partial charge in [-0.2, -0.15) is 26.3 Å². The molecule has 4 nitrogen and oxygen atoms in total. The Bertz CT molecular complexity index is 1240. The molecule has 0 N–H and O–H groups in total. The zero-order valence-corrected chi connectivity index (χ0v) is 34.8. The van der Waals surface area contributed by atoms with Gasteiger partial charge < -0.3 is 8.85 Å². The fourth-order valence-corrected chi connectivity index (χ4v) is 6.14. The van der Waals surface area contributed by atoms with Crippen molar-refractivity contribution in [2.24, 2.45) is 9.98 Å². The van der Waals surface area contributed by atoms with E-state index in [1.165, 1.54) is 10.9 Å². The predicted octanol–water partition coefficient (Wildman–Crippen LogP) is 12.8. The third-order valence-electron chi connectivity index (χ3n) is 6.65. The van der Waals surface area contributed by atoms with Gasteiger partial charge in [0.15, 0.2) is 16.6 Å². The van der Waals surface area contributed by atoms with Crippen LogP contribution in [0.15, 0.2) is 34.3 Å². The van der Waals surface area contributed by atoms with E-state index in [1.807, 2.05) is 0 Å². The molecular formula is C32H46Br2F6N2NiO2Si2. The van der Waals surface area contributed by atoms with Crippen molar-refractivity contribution in [2.75, 3.05) is 13.2 Å². The van der Waals surface area contributed by atoms with Gasteiger partial charge in [0.1, 0.15) is 0 Å². The van der Waals surface area contributed by atoms with Crippen molar-refractivity contribution in [3.05, 3.63) is 57.6 Å². The molecule has 0 heterocycles. The number of hydrogen-bond donors (Lipinski definition) is 0. The van der Waals surface area contributed by atoms with Crippen LogP contribution in [0.1, 0.15) is 59.1 Å². The first-order valence-electron chi connectivity index (χ1n) is 15.0. The van der Waals surface area contributed by atoms with Gasteiger partial charge in [-0.05, 0) is 139 Å². The molecule has 0 aliphatic carbocycles. The average Bonchev–Trinajstić information content (AvgIpc) is 2.88. The number of aliphatic imine (C=N–C) groups is 2. The summed E-state index contributed by atoms with van der Waals surface area (Å²) in [4.78, 5) is 9.83. The van der Waals surface area contributed by atoms with Gasteiger partial charge in [-0.25, -0.2) is 0 Å². The van der Waals surface area contributed by atoms with Crippen molar-refractivity contribution in [1.82, 2.24) is 0 Å². The molecular weight excluding hydrogens is 833 g/mol. The van der Waals surface area contributed by atoms with E-state index in [0.29, 0.717) is 83.9 Å². The Labute approximate surface area is 298 Å². The third kappa shape index (κ3) is 16.6. The van der Waals surface area contributed by atoms with Crippen molar-refractivity contribution in [3.8, 4) is 0 Å². The maximum atomic E-state index is 13.5. The van der Waals surface area contributed by atoms with Gasteiger partial charge in [0, 0.05) is 13.2 Å². The molecule has 2 rings (SSSR count). The number of aryl methyl sites for hydroxylation is 4. The van der Waals surface area contributed by atoms with Crippen LogP contribution in [-0.2, 0) is 32.1 Å². The first-order valence-corrected chi connectivity index (χ1v) is 26.7. The summed E-state index contributed by atoms with van der Waals surface area (Å²) in [5, 5.41) is 0. The summed E-state index contributed by atoms with van der Waals surface area (Å²) in [5.74, 6) is 0. The molecule has 0 aliphatic heterocycles. The van der Waals surface area contributed by atoms with E-state index in [2.05, 4.69) is 67.7 Å². The molecule has 0 saturated heterocycles. The number of benzene rings is 2. The molecule has 0 saturated carbocycles. The van der Waals surface area contributed by atoms with Crippen molar-refractivity contribution in [3.63, 3.8) is 0 Å². The Morgan fingerprint density at radius 2 is 0.872 bits per heavy atom. The second kappa shape index (κ2) is 19.0. The second-order valence-electron chi connectivity index (χ2n) is 13.2. The van der Waals surface area contributed by atoms with E-state index in [4.69, 9.17) is 18.8 Å². The van der Waals surface area contributed by atoms with Crippen LogP contribution in [0.3, 0.4) is 0 Å². The van der Waals surface area contributed by atoms with E-state index < -0.39 is 40.1 Å². The van der Waals surface area contributed by atoms with Gasteiger partial charge in [-0.15, -0.1) is 0 Å². The van der Waals surface area contributed by atoms with Gasteiger partial charge >= 0.3 is 51.7 Å². The summed E-state index contributed by atoms with van der Waals surface area (Å²) in [5.41, 5.74) is 1.98. The molecule has 270 valence electrons. The fourth-order valence-electron chi connectivity index (χ4n) is 4.63. The third-order valence-corrected chi connectivity index (χ3v) is 8.79. The normalized spacial score (nSPS) is 13.6. The molecule has 0 radical (unpaired) electrons. The maximum absolute atomic E-state index is 13.5. The molecule has 0 amide bonds. The van der Waals surface area contributed by atoms with Crippen LogP contribution in [0.5, 0.6) is 0 Å². The summed E-state index contributed by atoms with van der Waals surface area (Å²) >= 11 is 6.00. The van der Waals surface area contributed by atoms with E-state index >= 15 is 0 Å². The van der Waals surface area contributed by atoms with Crippen LogP contribution in [0.2, 0.25) is 39.3 Å². The standard InChI is InChI=1S/C32H46F6N2O2Si2.2BrH.Ni/c1-21-17-25(31(33,34)35)18-22(2)29(21)39-27(13-11-15-41-43(5,6)7)28(14-12-16-42-44(8,9)10)40-30-23(3)19-26(20-24(30)4)32(36,37)38;;;/h17-20H,11-16H2,1-10H3;2*1H;/q;;;+2/p-2. The second-order valence-corrected chi connectivity index (χ2v) is 27.2. The van der Waals surface area contributed by atoms with Crippen LogP contribution in [-0.4, -0.2) is 41.3 Å². The Morgan fingerprint density at radius 1 is 0.617 bits per heavy atom. The van der Waals surface area contributed by atoms with Crippen LogP contribution in [0.25, 0.3) is 0 Å². The molecule has 47 heavy (non-hydrogen) atoms. The zero-order valence-electron chi connectivity index (χ0n) is 28.6. The Kier molecular flexibility index (Phi) is 17.8. The fraction of sp³-hybridized carbons (Fsp3) is 0.562. The van der Waals surface area contributed by atoms with Crippen LogP contribution < -0.4 is 0 Å². The van der Waals surface area contributed by atoms with Gasteiger partial charge in [-0.3, -0.25) is 9.98 Å². The summed E-state index contributed by atoms with van der Waals surface area (Å²) in [7, 11) is -2.34. The minimum absolute atomic E-state index is 0.372. The Hall–Kier alpha value is -0.833. The molecule has 0 fully saturated rings. The molecule has 0 spiro atoms. The predicted molar refractivity (Wildman–Crippen MR) is 191 cm³/mol. The quantitative estimate of drug-likeness (QED) is 0.0871. The molecule has 0 atom stereocenters. The number of nitrogens with zero attached hydrogens (tertiary/aromatic N) is 2. The van der Waals surface area contributed by atoms with Crippen molar-refractivity contribution in [1.29, 1.82) is 0 Å². The topological polar surface area (TPSA) is 43.2 Å². The first-order chi connectivity index (χ1) is 21.4. The van der Waals surface area contributed by atoms with E-state index in [1.54, 1.807) is 27.7 Å². The van der Waals surface area contributed by atoms with Crippen molar-refractivity contribution >= 4 is 67.9 Å². The van der Waals surface area contributed by atoms with Gasteiger partial charge in [0.2, 0.25) is 0 Å². The Balaban J connectivity index is 0.00000354. The molecule has 15 heteroatoms. The Morgan fingerprint density at radius 3 is 1.09 bits per heavy atom. The summed E-state index contributed by atoms with van der Waals surface area (Å²) in [6, 6.07) is 4.34. The van der Waals surface area contributed by atoms with Crippen LogP contribution in [0, 0.1) is 27.7 Å². The van der Waals surface area contributed by atoms with E-state index in [-0.39, 0.29) is 0 Å². The monoisotopic (exact) mass is 876 g/mol. The van der Waals surface area contributed by atoms with Crippen molar-refractivity contribution < 1.29 is 46.1 Å². The number of hydrogen-bond acceptors (Lipinski definition) is 4. The van der Waals surface area contributed by atoms with Gasteiger partial charge in [0.25, 0.3) is 0 Å². The summed E-state index contributed by atoms with van der Waals surface area (Å²) in [6.07, 6.45) is -6.94. The van der Waals surface area contributed by atoms with Crippen LogP contribution >= 0.6 is 28.5 Å². The molecule has 0 aromatic heterocycles. The van der Waals surface area contributed by atoms with E-state index in [9.17, 15) is 26.3 Å². The average molecular weight is 879 g/mol. The first kappa shape index (κ1) is 44.2. The molecule has 0 unspecified atom stereocenters. The molecule has 0 bridgehead atoms. The minimum atomic E-state index is -4.49. The zero-order chi connectivity index (χ0) is 36.4. The molecule has 0 aliphatic rings.